The van der Waals surface area contributed by atoms with Crippen LogP contribution in [-0.4, -0.2) is 50.0 Å². The van der Waals surface area contributed by atoms with E-state index in [-0.39, 0.29) is 34.2 Å². The van der Waals surface area contributed by atoms with Gasteiger partial charge < -0.3 is 10.2 Å². The minimum Gasteiger partial charge on any atom is -0.352 e. The van der Waals surface area contributed by atoms with Crippen molar-refractivity contribution in [3.63, 3.8) is 0 Å². The molecular formula is C24H27Cl4N3O4S. The molecule has 36 heavy (non-hydrogen) atoms. The fraction of sp³-hybridized carbons (Fsp3) is 0.417. The summed E-state index contributed by atoms with van der Waals surface area (Å²) in [6.07, 6.45) is 4.81. The van der Waals surface area contributed by atoms with E-state index in [1.165, 1.54) is 23.1 Å². The summed E-state index contributed by atoms with van der Waals surface area (Å²) in [6, 6.07) is 8.58. The predicted octanol–water partition coefficient (Wildman–Crippen LogP) is 5.54. The van der Waals surface area contributed by atoms with Crippen LogP contribution in [-0.2, 0) is 26.2 Å². The lowest BCUT2D eigenvalue weighted by Gasteiger charge is -2.32. The Morgan fingerprint density at radius 3 is 2.31 bits per heavy atom. The number of amides is 2. The van der Waals surface area contributed by atoms with Crippen molar-refractivity contribution in [2.24, 2.45) is 0 Å². The van der Waals surface area contributed by atoms with Crippen molar-refractivity contribution in [3.8, 4) is 0 Å². The summed E-state index contributed by atoms with van der Waals surface area (Å²) in [5.74, 6) is -0.918. The summed E-state index contributed by atoms with van der Waals surface area (Å²) in [7, 11) is -3.93. The summed E-state index contributed by atoms with van der Waals surface area (Å²) >= 11 is 24.6. The molecule has 1 fully saturated rings. The largest absolute Gasteiger partial charge is 0.352 e. The highest BCUT2D eigenvalue weighted by molar-refractivity contribution is 7.92. The van der Waals surface area contributed by atoms with Gasteiger partial charge in [-0.3, -0.25) is 13.9 Å². The van der Waals surface area contributed by atoms with Crippen LogP contribution in [0.5, 0.6) is 0 Å². The van der Waals surface area contributed by atoms with Gasteiger partial charge in [-0.05, 0) is 49.6 Å². The van der Waals surface area contributed by atoms with Crippen LogP contribution in [0.25, 0.3) is 0 Å². The van der Waals surface area contributed by atoms with Gasteiger partial charge in [0.15, 0.2) is 0 Å². The van der Waals surface area contributed by atoms with Gasteiger partial charge in [-0.15, -0.1) is 0 Å². The second-order valence-electron chi connectivity index (χ2n) is 8.78. The van der Waals surface area contributed by atoms with Gasteiger partial charge in [0.25, 0.3) is 0 Å². The fourth-order valence-corrected chi connectivity index (χ4v) is 5.71. The van der Waals surface area contributed by atoms with Crippen molar-refractivity contribution in [2.75, 3.05) is 17.1 Å². The molecule has 1 aliphatic rings. The first-order chi connectivity index (χ1) is 16.9. The van der Waals surface area contributed by atoms with Gasteiger partial charge in [-0.2, -0.15) is 0 Å². The van der Waals surface area contributed by atoms with Crippen molar-refractivity contribution in [1.82, 2.24) is 10.2 Å². The molecule has 7 nitrogen and oxygen atoms in total. The molecule has 1 atom stereocenters. The average Bonchev–Trinajstić information content (AvgIpc) is 3.32. The average molecular weight is 595 g/mol. The van der Waals surface area contributed by atoms with E-state index in [1.54, 1.807) is 25.1 Å². The van der Waals surface area contributed by atoms with Crippen LogP contribution in [0.4, 0.5) is 5.69 Å². The third-order valence-corrected chi connectivity index (χ3v) is 8.76. The Morgan fingerprint density at radius 2 is 1.69 bits per heavy atom. The van der Waals surface area contributed by atoms with Crippen LogP contribution in [0.2, 0.25) is 20.1 Å². The third-order valence-electron chi connectivity index (χ3n) is 6.08. The highest BCUT2D eigenvalue weighted by atomic mass is 35.5. The summed E-state index contributed by atoms with van der Waals surface area (Å²) in [5.41, 5.74) is 0.697. The number of nitrogens with one attached hydrogen (secondary N) is 1. The number of hydrogen-bond acceptors (Lipinski definition) is 4. The summed E-state index contributed by atoms with van der Waals surface area (Å²) in [6.45, 7) is 1.04. The van der Waals surface area contributed by atoms with Gasteiger partial charge in [0.1, 0.15) is 12.6 Å². The molecule has 0 spiro atoms. The minimum absolute atomic E-state index is 0.000416. The Kier molecular flexibility index (Phi) is 9.80. The molecule has 2 aromatic carbocycles. The maximum absolute atomic E-state index is 13.6. The fourth-order valence-electron chi connectivity index (χ4n) is 4.09. The second kappa shape index (κ2) is 12.2. The van der Waals surface area contributed by atoms with Crippen LogP contribution >= 0.6 is 46.4 Å². The van der Waals surface area contributed by atoms with Crippen molar-refractivity contribution < 1.29 is 18.0 Å². The number of carbonyl (C=O) groups is 2. The molecule has 2 amide bonds. The van der Waals surface area contributed by atoms with E-state index < -0.39 is 28.5 Å². The quantitative estimate of drug-likeness (QED) is 0.413. The van der Waals surface area contributed by atoms with Crippen LogP contribution < -0.4 is 9.62 Å². The summed E-state index contributed by atoms with van der Waals surface area (Å²) in [4.78, 5) is 28.0. The molecule has 0 heterocycles. The first-order valence-corrected chi connectivity index (χ1v) is 14.7. The predicted molar refractivity (Wildman–Crippen MR) is 146 cm³/mol. The van der Waals surface area contributed by atoms with E-state index in [9.17, 15) is 18.0 Å². The van der Waals surface area contributed by atoms with Crippen LogP contribution in [0, 0.1) is 0 Å². The van der Waals surface area contributed by atoms with E-state index in [0.717, 1.165) is 36.2 Å². The van der Waals surface area contributed by atoms with E-state index in [2.05, 4.69) is 5.32 Å². The summed E-state index contributed by atoms with van der Waals surface area (Å²) in [5, 5.41) is 3.80. The van der Waals surface area contributed by atoms with Crippen molar-refractivity contribution >= 4 is 73.9 Å². The van der Waals surface area contributed by atoms with Gasteiger partial charge in [0, 0.05) is 12.6 Å². The Labute approximate surface area is 231 Å². The Bertz CT molecular complexity index is 1240. The van der Waals surface area contributed by atoms with E-state index in [1.807, 2.05) is 0 Å². The lowest BCUT2D eigenvalue weighted by Crippen LogP contribution is -2.52. The second-order valence-corrected chi connectivity index (χ2v) is 12.3. The molecule has 1 unspecified atom stereocenters. The van der Waals surface area contributed by atoms with Gasteiger partial charge in [0.2, 0.25) is 21.8 Å². The van der Waals surface area contributed by atoms with Crippen LogP contribution in [0.15, 0.2) is 36.4 Å². The summed E-state index contributed by atoms with van der Waals surface area (Å²) < 4.78 is 26.2. The number of nitrogens with zero attached hydrogens (tertiary/aromatic N) is 2. The molecule has 0 aliphatic heterocycles. The minimum atomic E-state index is -3.93. The highest BCUT2D eigenvalue weighted by Crippen LogP contribution is 2.34. The molecule has 2 aromatic rings. The number of anilines is 1. The molecule has 0 bridgehead atoms. The van der Waals surface area contributed by atoms with Gasteiger partial charge in [-0.1, -0.05) is 71.4 Å². The molecule has 0 aromatic heterocycles. The van der Waals surface area contributed by atoms with Gasteiger partial charge in [-0.25, -0.2) is 8.42 Å². The molecule has 0 saturated heterocycles. The maximum atomic E-state index is 13.6. The zero-order valence-electron chi connectivity index (χ0n) is 19.8. The first kappa shape index (κ1) is 28.9. The first-order valence-electron chi connectivity index (χ1n) is 11.3. The molecule has 0 radical (unpaired) electrons. The number of carbonyl (C=O) groups excluding carboxylic acids is 2. The molecule has 196 valence electrons. The topological polar surface area (TPSA) is 86.8 Å². The van der Waals surface area contributed by atoms with E-state index in [4.69, 9.17) is 46.4 Å². The van der Waals surface area contributed by atoms with Crippen LogP contribution in [0.3, 0.4) is 0 Å². The lowest BCUT2D eigenvalue weighted by atomic mass is 10.1. The standard InChI is InChI=1S/C24H27Cl4N3O4S/c1-15(24(33)29-17-6-3-4-7-17)30(13-16-10-11-18(25)20(27)12-16)22(32)14-31(36(2,34)35)21-9-5-8-19(26)23(21)28/h5,8-12,15,17H,3-4,6-7,13-14H2,1-2H3,(H,29,33). The van der Waals surface area contributed by atoms with Gasteiger partial charge in [0.05, 0.1) is 32.0 Å². The number of rotatable bonds is 9. The highest BCUT2D eigenvalue weighted by Gasteiger charge is 2.32. The lowest BCUT2D eigenvalue weighted by molar-refractivity contribution is -0.139. The van der Waals surface area contributed by atoms with E-state index >= 15 is 0 Å². The molecule has 1 saturated carbocycles. The SMILES string of the molecule is CC(C(=O)NC1CCCC1)N(Cc1ccc(Cl)c(Cl)c1)C(=O)CN(c1cccc(Cl)c1Cl)S(C)(=O)=O. The smallest absolute Gasteiger partial charge is 0.244 e. The third kappa shape index (κ3) is 7.19. The van der Waals surface area contributed by atoms with E-state index in [0.29, 0.717) is 15.6 Å². The number of halogens is 4. The number of benzene rings is 2. The van der Waals surface area contributed by atoms with Crippen molar-refractivity contribution in [1.29, 1.82) is 0 Å². The molecule has 12 heteroatoms. The zero-order valence-corrected chi connectivity index (χ0v) is 23.6. The number of sulfonamides is 1. The number of hydrogen-bond donors (Lipinski definition) is 1. The molecule has 1 aliphatic carbocycles. The van der Waals surface area contributed by atoms with Crippen molar-refractivity contribution in [3.05, 3.63) is 62.1 Å². The Morgan fingerprint density at radius 1 is 1.03 bits per heavy atom. The molecule has 3 rings (SSSR count). The monoisotopic (exact) mass is 593 g/mol. The van der Waals surface area contributed by atoms with Crippen molar-refractivity contribution in [2.45, 2.75) is 51.2 Å². The normalized spacial score (nSPS) is 14.9. The zero-order chi connectivity index (χ0) is 26.6. The molecular weight excluding hydrogens is 568 g/mol. The van der Waals surface area contributed by atoms with Gasteiger partial charge >= 0.3 is 0 Å². The molecule has 1 N–H and O–H groups in total. The Balaban J connectivity index is 1.93. The Hall–Kier alpha value is -1.71. The van der Waals surface area contributed by atoms with Crippen LogP contribution in [0.1, 0.15) is 38.2 Å². The maximum Gasteiger partial charge on any atom is 0.244 e.